The summed E-state index contributed by atoms with van der Waals surface area (Å²) in [5, 5.41) is 6.84. The first-order valence-corrected chi connectivity index (χ1v) is 6.27. The number of hydrogen-bond donors (Lipinski definition) is 2. The van der Waals surface area contributed by atoms with Crippen molar-refractivity contribution in [3.05, 3.63) is 18.5 Å². The molecule has 2 N–H and O–H groups in total. The maximum Gasteiger partial charge on any atom is 0.0551 e. The van der Waals surface area contributed by atoms with Gasteiger partial charge in [0.05, 0.1) is 23.8 Å². The van der Waals surface area contributed by atoms with E-state index < -0.39 is 0 Å². The molecule has 17 heavy (non-hydrogen) atoms. The maximum atomic E-state index is 5.40. The molecule has 1 saturated heterocycles. The molecule has 0 saturated carbocycles. The lowest BCUT2D eigenvalue weighted by atomic mass is 9.92. The van der Waals surface area contributed by atoms with Gasteiger partial charge in [0.15, 0.2) is 0 Å². The van der Waals surface area contributed by atoms with Crippen LogP contribution >= 0.6 is 0 Å². The summed E-state index contributed by atoms with van der Waals surface area (Å²) in [6, 6.07) is 2.11. The Hall–Kier alpha value is -1.29. The highest BCUT2D eigenvalue weighted by Gasteiger charge is 2.26. The molecule has 0 amide bonds. The highest BCUT2D eigenvalue weighted by Crippen LogP contribution is 2.26. The molecule has 1 fully saturated rings. The summed E-state index contributed by atoms with van der Waals surface area (Å²) < 4.78 is 5.40. The molecule has 1 aliphatic heterocycles. The van der Waals surface area contributed by atoms with Crippen molar-refractivity contribution in [1.82, 2.24) is 4.98 Å². The number of ether oxygens (including phenoxy) is 1. The molecule has 0 bridgehead atoms. The second-order valence-electron chi connectivity index (χ2n) is 4.79. The average molecular weight is 235 g/mol. The van der Waals surface area contributed by atoms with Gasteiger partial charge in [-0.1, -0.05) is 0 Å². The molecule has 0 radical (unpaired) electrons. The fraction of sp³-hybridized carbons (Fsp3) is 0.615. The topological polar surface area (TPSA) is 46.2 Å². The zero-order valence-electron chi connectivity index (χ0n) is 10.6. The molecular formula is C13H21N3O. The van der Waals surface area contributed by atoms with E-state index in [9.17, 15) is 0 Å². The van der Waals surface area contributed by atoms with Crippen molar-refractivity contribution in [3.8, 4) is 0 Å². The molecule has 1 aliphatic rings. The van der Waals surface area contributed by atoms with Crippen molar-refractivity contribution < 1.29 is 4.74 Å². The number of anilines is 2. The summed E-state index contributed by atoms with van der Waals surface area (Å²) in [7, 11) is 0. The lowest BCUT2D eigenvalue weighted by molar-refractivity contribution is 0.0658. The largest absolute Gasteiger partial charge is 0.384 e. The Kier molecular flexibility index (Phi) is 3.84. The SMILES string of the molecule is CCNc1cncc(NC2(C)CCOCC2)c1. The summed E-state index contributed by atoms with van der Waals surface area (Å²) in [6.45, 7) is 6.92. The van der Waals surface area contributed by atoms with Crippen molar-refractivity contribution in [3.63, 3.8) is 0 Å². The molecule has 0 atom stereocenters. The second-order valence-corrected chi connectivity index (χ2v) is 4.79. The van der Waals surface area contributed by atoms with Gasteiger partial charge in [0.2, 0.25) is 0 Å². The van der Waals surface area contributed by atoms with Gasteiger partial charge >= 0.3 is 0 Å². The third kappa shape index (κ3) is 3.33. The van der Waals surface area contributed by atoms with Crippen molar-refractivity contribution in [2.45, 2.75) is 32.2 Å². The van der Waals surface area contributed by atoms with E-state index in [0.29, 0.717) is 0 Å². The van der Waals surface area contributed by atoms with Gasteiger partial charge < -0.3 is 15.4 Å². The van der Waals surface area contributed by atoms with Crippen molar-refractivity contribution in [2.75, 3.05) is 30.4 Å². The summed E-state index contributed by atoms with van der Waals surface area (Å²) in [6.07, 6.45) is 5.80. The summed E-state index contributed by atoms with van der Waals surface area (Å²) in [5.41, 5.74) is 2.27. The highest BCUT2D eigenvalue weighted by molar-refractivity contribution is 5.55. The van der Waals surface area contributed by atoms with Gasteiger partial charge in [-0.3, -0.25) is 4.98 Å². The normalized spacial score (nSPS) is 18.7. The van der Waals surface area contributed by atoms with Crippen LogP contribution in [0.25, 0.3) is 0 Å². The Labute approximate surface area is 103 Å². The smallest absolute Gasteiger partial charge is 0.0551 e. The van der Waals surface area contributed by atoms with Gasteiger partial charge in [-0.15, -0.1) is 0 Å². The molecule has 0 spiro atoms. The van der Waals surface area contributed by atoms with E-state index in [1.165, 1.54) is 0 Å². The zero-order valence-corrected chi connectivity index (χ0v) is 10.6. The van der Waals surface area contributed by atoms with Crippen LogP contribution in [0.1, 0.15) is 26.7 Å². The molecule has 1 aromatic heterocycles. The fourth-order valence-corrected chi connectivity index (χ4v) is 2.10. The number of pyridine rings is 1. The van der Waals surface area contributed by atoms with E-state index in [1.54, 1.807) is 0 Å². The standard InChI is InChI=1S/C13H21N3O/c1-3-15-11-8-12(10-14-9-11)16-13(2)4-6-17-7-5-13/h8-10,15-16H,3-7H2,1-2H3. The second kappa shape index (κ2) is 5.36. The Balaban J connectivity index is 2.04. The highest BCUT2D eigenvalue weighted by atomic mass is 16.5. The van der Waals surface area contributed by atoms with Crippen LogP contribution in [0, 0.1) is 0 Å². The van der Waals surface area contributed by atoms with Gasteiger partial charge in [0.1, 0.15) is 0 Å². The molecule has 4 nitrogen and oxygen atoms in total. The molecule has 1 aromatic rings. The maximum absolute atomic E-state index is 5.40. The number of nitrogens with one attached hydrogen (secondary N) is 2. The van der Waals surface area contributed by atoms with E-state index >= 15 is 0 Å². The Morgan fingerprint density at radius 1 is 1.29 bits per heavy atom. The number of rotatable bonds is 4. The summed E-state index contributed by atoms with van der Waals surface area (Å²) in [4.78, 5) is 4.24. The van der Waals surface area contributed by atoms with Crippen molar-refractivity contribution in [2.24, 2.45) is 0 Å². The minimum atomic E-state index is 0.130. The van der Waals surface area contributed by atoms with E-state index in [1.807, 2.05) is 12.4 Å². The van der Waals surface area contributed by atoms with Crippen LogP contribution in [-0.2, 0) is 4.74 Å². The van der Waals surface area contributed by atoms with Crippen LogP contribution in [0.2, 0.25) is 0 Å². The van der Waals surface area contributed by atoms with Crippen LogP contribution in [0.5, 0.6) is 0 Å². The predicted molar refractivity (Wildman–Crippen MR) is 70.5 cm³/mol. The van der Waals surface area contributed by atoms with Crippen LogP contribution in [0.3, 0.4) is 0 Å². The van der Waals surface area contributed by atoms with Gasteiger partial charge in [-0.25, -0.2) is 0 Å². The van der Waals surface area contributed by atoms with Crippen LogP contribution in [0.15, 0.2) is 18.5 Å². The molecule has 2 rings (SSSR count). The first-order chi connectivity index (χ1) is 8.22. The molecule has 2 heterocycles. The minimum Gasteiger partial charge on any atom is -0.384 e. The van der Waals surface area contributed by atoms with E-state index in [-0.39, 0.29) is 5.54 Å². The van der Waals surface area contributed by atoms with Gasteiger partial charge in [-0.05, 0) is 32.8 Å². The fourth-order valence-electron chi connectivity index (χ4n) is 2.10. The molecule has 0 aromatic carbocycles. The molecular weight excluding hydrogens is 214 g/mol. The monoisotopic (exact) mass is 235 g/mol. The van der Waals surface area contributed by atoms with Crippen molar-refractivity contribution >= 4 is 11.4 Å². The quantitative estimate of drug-likeness (QED) is 0.841. The molecule has 0 unspecified atom stereocenters. The predicted octanol–water partition coefficient (Wildman–Crippen LogP) is 2.49. The van der Waals surface area contributed by atoms with E-state index in [2.05, 4.69) is 35.5 Å². The third-order valence-electron chi connectivity index (χ3n) is 3.16. The number of aromatic nitrogens is 1. The van der Waals surface area contributed by atoms with Crippen LogP contribution < -0.4 is 10.6 Å². The first-order valence-electron chi connectivity index (χ1n) is 6.27. The molecule has 4 heteroatoms. The minimum absolute atomic E-state index is 0.130. The lowest BCUT2D eigenvalue weighted by Crippen LogP contribution is -2.40. The number of hydrogen-bond acceptors (Lipinski definition) is 4. The first kappa shape index (κ1) is 12.2. The average Bonchev–Trinajstić information content (AvgIpc) is 2.30. The summed E-state index contributed by atoms with van der Waals surface area (Å²) >= 11 is 0. The number of nitrogens with zero attached hydrogens (tertiary/aromatic N) is 1. The molecule has 94 valence electrons. The van der Waals surface area contributed by atoms with E-state index in [4.69, 9.17) is 4.74 Å². The third-order valence-corrected chi connectivity index (χ3v) is 3.16. The Morgan fingerprint density at radius 2 is 2.00 bits per heavy atom. The summed E-state index contributed by atoms with van der Waals surface area (Å²) in [5.74, 6) is 0. The van der Waals surface area contributed by atoms with Gasteiger partial charge in [-0.2, -0.15) is 0 Å². The van der Waals surface area contributed by atoms with Crippen LogP contribution in [-0.4, -0.2) is 30.3 Å². The zero-order chi connectivity index (χ0) is 12.1. The van der Waals surface area contributed by atoms with Gasteiger partial charge in [0, 0.05) is 25.3 Å². The Bertz CT molecular complexity index is 361. The lowest BCUT2D eigenvalue weighted by Gasteiger charge is -2.35. The van der Waals surface area contributed by atoms with Crippen molar-refractivity contribution in [1.29, 1.82) is 0 Å². The van der Waals surface area contributed by atoms with Crippen LogP contribution in [0.4, 0.5) is 11.4 Å². The van der Waals surface area contributed by atoms with Gasteiger partial charge in [0.25, 0.3) is 0 Å². The Morgan fingerprint density at radius 3 is 2.71 bits per heavy atom. The molecule has 0 aliphatic carbocycles. The van der Waals surface area contributed by atoms with E-state index in [0.717, 1.165) is 44.0 Å².